The number of aromatic nitrogens is 2. The van der Waals surface area contributed by atoms with Gasteiger partial charge in [-0.25, -0.2) is 0 Å². The molecular formula is C11H18BrN3O2. The molecule has 2 N–H and O–H groups in total. The van der Waals surface area contributed by atoms with Crippen molar-refractivity contribution in [2.24, 2.45) is 5.73 Å². The van der Waals surface area contributed by atoms with Gasteiger partial charge in [0.25, 0.3) is 0 Å². The van der Waals surface area contributed by atoms with Gasteiger partial charge in [0.1, 0.15) is 6.04 Å². The number of carbonyl (C=O) groups is 1. The summed E-state index contributed by atoms with van der Waals surface area (Å²) >= 11 is 3.45. The number of esters is 1. The number of carbonyl (C=O) groups excluding carboxylic acids is 1. The fourth-order valence-electron chi connectivity index (χ4n) is 1.52. The number of hydrogen-bond acceptors (Lipinski definition) is 4. The molecule has 0 aliphatic rings. The summed E-state index contributed by atoms with van der Waals surface area (Å²) in [7, 11) is 0. The molecule has 0 radical (unpaired) electrons. The number of ether oxygens (including phenoxy) is 1. The van der Waals surface area contributed by atoms with Crippen LogP contribution >= 0.6 is 15.9 Å². The average Bonchev–Trinajstić information content (AvgIpc) is 2.54. The molecule has 0 amide bonds. The Bertz CT molecular complexity index is 404. The molecular weight excluding hydrogens is 286 g/mol. The van der Waals surface area contributed by atoms with Crippen LogP contribution in [0.4, 0.5) is 0 Å². The second kappa shape index (κ2) is 6.16. The first-order valence-corrected chi connectivity index (χ1v) is 6.38. The Balaban J connectivity index is 2.55. The quantitative estimate of drug-likeness (QED) is 0.838. The molecule has 17 heavy (non-hydrogen) atoms. The summed E-state index contributed by atoms with van der Waals surface area (Å²) < 4.78 is 7.70. The van der Waals surface area contributed by atoms with Crippen LogP contribution in [0.25, 0.3) is 0 Å². The van der Waals surface area contributed by atoms with Gasteiger partial charge < -0.3 is 10.5 Å². The molecule has 1 aromatic heterocycles. The van der Waals surface area contributed by atoms with Crippen molar-refractivity contribution in [1.29, 1.82) is 0 Å². The van der Waals surface area contributed by atoms with E-state index < -0.39 is 6.04 Å². The standard InChI is InChI=1S/C11H18BrN3O2/c1-4-17-11(16)9(13)5-6-15-8(3)10(12)7(2)14-15/h9H,4-6,13H2,1-3H3. The molecule has 6 heteroatoms. The van der Waals surface area contributed by atoms with Crippen LogP contribution in [-0.4, -0.2) is 28.4 Å². The summed E-state index contributed by atoms with van der Waals surface area (Å²) in [5.41, 5.74) is 7.70. The Kier molecular flexibility index (Phi) is 5.14. The topological polar surface area (TPSA) is 70.1 Å². The average molecular weight is 304 g/mol. The van der Waals surface area contributed by atoms with E-state index in [-0.39, 0.29) is 5.97 Å². The maximum Gasteiger partial charge on any atom is 0.322 e. The molecule has 1 heterocycles. The Labute approximate surface area is 109 Å². The van der Waals surface area contributed by atoms with Crippen LogP contribution in [0.5, 0.6) is 0 Å². The van der Waals surface area contributed by atoms with E-state index in [4.69, 9.17) is 10.5 Å². The van der Waals surface area contributed by atoms with Gasteiger partial charge in [-0.15, -0.1) is 0 Å². The molecule has 0 saturated carbocycles. The highest BCUT2D eigenvalue weighted by Gasteiger charge is 2.16. The van der Waals surface area contributed by atoms with Gasteiger partial charge in [0, 0.05) is 12.2 Å². The summed E-state index contributed by atoms with van der Waals surface area (Å²) in [6.45, 7) is 6.64. The lowest BCUT2D eigenvalue weighted by Crippen LogP contribution is -2.33. The second-order valence-electron chi connectivity index (χ2n) is 3.86. The first-order chi connectivity index (χ1) is 7.97. The molecule has 96 valence electrons. The molecule has 1 rings (SSSR count). The number of hydrogen-bond donors (Lipinski definition) is 1. The highest BCUT2D eigenvalue weighted by molar-refractivity contribution is 9.10. The van der Waals surface area contributed by atoms with Gasteiger partial charge in [0.05, 0.1) is 16.8 Å². The molecule has 1 atom stereocenters. The van der Waals surface area contributed by atoms with Crippen molar-refractivity contribution < 1.29 is 9.53 Å². The molecule has 0 aliphatic heterocycles. The van der Waals surface area contributed by atoms with Crippen LogP contribution in [0.1, 0.15) is 24.7 Å². The Hall–Kier alpha value is -0.880. The minimum absolute atomic E-state index is 0.354. The summed E-state index contributed by atoms with van der Waals surface area (Å²) in [6, 6.07) is -0.586. The Morgan fingerprint density at radius 1 is 1.59 bits per heavy atom. The molecule has 1 unspecified atom stereocenters. The number of nitrogens with zero attached hydrogens (tertiary/aromatic N) is 2. The summed E-state index contributed by atoms with van der Waals surface area (Å²) in [4.78, 5) is 11.3. The molecule has 0 bridgehead atoms. The van der Waals surface area contributed by atoms with Gasteiger partial charge >= 0.3 is 5.97 Å². The molecule has 0 saturated heterocycles. The molecule has 0 aromatic carbocycles. The van der Waals surface area contributed by atoms with E-state index in [1.54, 1.807) is 6.92 Å². The van der Waals surface area contributed by atoms with Gasteiger partial charge in [-0.05, 0) is 43.1 Å². The van der Waals surface area contributed by atoms with E-state index in [9.17, 15) is 4.79 Å². The van der Waals surface area contributed by atoms with E-state index in [1.165, 1.54) is 0 Å². The first kappa shape index (κ1) is 14.2. The van der Waals surface area contributed by atoms with E-state index in [1.807, 2.05) is 18.5 Å². The van der Waals surface area contributed by atoms with Crippen LogP contribution in [0.3, 0.4) is 0 Å². The zero-order valence-electron chi connectivity index (χ0n) is 10.4. The summed E-state index contributed by atoms with van der Waals surface area (Å²) in [5, 5.41) is 4.35. The van der Waals surface area contributed by atoms with E-state index >= 15 is 0 Å². The highest BCUT2D eigenvalue weighted by atomic mass is 79.9. The molecule has 0 spiro atoms. The van der Waals surface area contributed by atoms with Crippen molar-refractivity contribution >= 4 is 21.9 Å². The third-order valence-electron chi connectivity index (χ3n) is 2.53. The zero-order chi connectivity index (χ0) is 13.0. The van der Waals surface area contributed by atoms with Gasteiger partial charge in [0.2, 0.25) is 0 Å². The fourth-order valence-corrected chi connectivity index (χ4v) is 1.81. The monoisotopic (exact) mass is 303 g/mol. The number of nitrogens with two attached hydrogens (primary N) is 1. The third-order valence-corrected chi connectivity index (χ3v) is 3.68. The maximum absolute atomic E-state index is 11.3. The predicted molar refractivity (Wildman–Crippen MR) is 68.6 cm³/mol. The lowest BCUT2D eigenvalue weighted by molar-refractivity contribution is -0.144. The predicted octanol–water partition coefficient (Wildman–Crippen LogP) is 1.54. The van der Waals surface area contributed by atoms with Crippen LogP contribution in [-0.2, 0) is 16.1 Å². The van der Waals surface area contributed by atoms with E-state index in [2.05, 4.69) is 21.0 Å². The highest BCUT2D eigenvalue weighted by Crippen LogP contribution is 2.19. The number of rotatable bonds is 5. The summed E-state index contributed by atoms with van der Waals surface area (Å²) in [5.74, 6) is -0.354. The van der Waals surface area contributed by atoms with Crippen LogP contribution < -0.4 is 5.73 Å². The second-order valence-corrected chi connectivity index (χ2v) is 4.65. The Morgan fingerprint density at radius 3 is 2.71 bits per heavy atom. The van der Waals surface area contributed by atoms with Gasteiger partial charge in [0.15, 0.2) is 0 Å². The first-order valence-electron chi connectivity index (χ1n) is 5.59. The van der Waals surface area contributed by atoms with Crippen molar-refractivity contribution in [1.82, 2.24) is 9.78 Å². The molecule has 0 aliphatic carbocycles. The van der Waals surface area contributed by atoms with Gasteiger partial charge in [-0.2, -0.15) is 5.10 Å². The lowest BCUT2D eigenvalue weighted by atomic mass is 10.2. The minimum Gasteiger partial charge on any atom is -0.465 e. The van der Waals surface area contributed by atoms with Crippen molar-refractivity contribution in [3.05, 3.63) is 15.9 Å². The molecule has 5 nitrogen and oxygen atoms in total. The van der Waals surface area contributed by atoms with E-state index in [0.29, 0.717) is 19.6 Å². The van der Waals surface area contributed by atoms with Crippen LogP contribution in [0, 0.1) is 13.8 Å². The SMILES string of the molecule is CCOC(=O)C(N)CCn1nc(C)c(Br)c1C. The third kappa shape index (κ3) is 3.54. The summed E-state index contributed by atoms with van der Waals surface area (Å²) in [6.07, 6.45) is 0.521. The molecule has 0 fully saturated rings. The lowest BCUT2D eigenvalue weighted by Gasteiger charge is -2.11. The smallest absolute Gasteiger partial charge is 0.322 e. The Morgan fingerprint density at radius 2 is 2.24 bits per heavy atom. The van der Waals surface area contributed by atoms with Gasteiger partial charge in [-0.1, -0.05) is 0 Å². The number of aryl methyl sites for hydroxylation is 2. The van der Waals surface area contributed by atoms with Crippen LogP contribution in [0.2, 0.25) is 0 Å². The van der Waals surface area contributed by atoms with Crippen molar-refractivity contribution in [3.8, 4) is 0 Å². The normalized spacial score (nSPS) is 12.5. The van der Waals surface area contributed by atoms with Crippen molar-refractivity contribution in [3.63, 3.8) is 0 Å². The maximum atomic E-state index is 11.3. The fraction of sp³-hybridized carbons (Fsp3) is 0.636. The zero-order valence-corrected chi connectivity index (χ0v) is 12.0. The van der Waals surface area contributed by atoms with Gasteiger partial charge in [-0.3, -0.25) is 9.48 Å². The van der Waals surface area contributed by atoms with E-state index in [0.717, 1.165) is 15.9 Å². The van der Waals surface area contributed by atoms with Crippen molar-refractivity contribution in [2.45, 2.75) is 39.8 Å². The largest absolute Gasteiger partial charge is 0.465 e. The van der Waals surface area contributed by atoms with Crippen molar-refractivity contribution in [2.75, 3.05) is 6.61 Å². The minimum atomic E-state index is -0.586. The van der Waals surface area contributed by atoms with Crippen LogP contribution in [0.15, 0.2) is 4.47 Å². The number of halogens is 1. The molecule has 1 aromatic rings.